The molecule has 3 heterocycles. The van der Waals surface area contributed by atoms with Crippen molar-refractivity contribution in [1.82, 2.24) is 14.1 Å². The second-order valence-corrected chi connectivity index (χ2v) is 9.56. The molecule has 0 saturated heterocycles. The van der Waals surface area contributed by atoms with E-state index in [0.717, 1.165) is 11.3 Å². The van der Waals surface area contributed by atoms with E-state index in [-0.39, 0.29) is 11.4 Å². The van der Waals surface area contributed by atoms with E-state index in [4.69, 9.17) is 21.6 Å². The standard InChI is InChI=1S/C23H16FN3O2S3/c24-16-7-4-6-15(12-16)14-31-22-25-20-19(21(28)27(22)17-8-2-1-3-9-17)32-23(30)26(20)13-18-10-5-11-29-18/h1-12H,13-14H2. The molecular formula is C23H16FN3O2S3. The molecule has 160 valence electrons. The second kappa shape index (κ2) is 8.85. The van der Waals surface area contributed by atoms with Crippen LogP contribution in [-0.4, -0.2) is 14.1 Å². The van der Waals surface area contributed by atoms with E-state index in [2.05, 4.69) is 0 Å². The highest BCUT2D eigenvalue weighted by atomic mass is 32.2. The van der Waals surface area contributed by atoms with Gasteiger partial charge in [-0.25, -0.2) is 9.37 Å². The highest BCUT2D eigenvalue weighted by molar-refractivity contribution is 7.98. The molecule has 5 nitrogen and oxygen atoms in total. The van der Waals surface area contributed by atoms with Gasteiger partial charge in [0, 0.05) is 5.75 Å². The van der Waals surface area contributed by atoms with E-state index in [9.17, 15) is 9.18 Å². The Kier molecular flexibility index (Phi) is 5.77. The minimum Gasteiger partial charge on any atom is -0.467 e. The summed E-state index contributed by atoms with van der Waals surface area (Å²) < 4.78 is 23.6. The minimum absolute atomic E-state index is 0.183. The predicted octanol–water partition coefficient (Wildman–Crippen LogP) is 6.05. The smallest absolute Gasteiger partial charge is 0.278 e. The molecule has 2 aromatic carbocycles. The molecule has 0 aliphatic rings. The lowest BCUT2D eigenvalue weighted by Crippen LogP contribution is -2.21. The zero-order valence-electron chi connectivity index (χ0n) is 16.6. The Labute approximate surface area is 195 Å². The van der Waals surface area contributed by atoms with Crippen LogP contribution >= 0.6 is 35.3 Å². The number of benzene rings is 2. The van der Waals surface area contributed by atoms with Crippen molar-refractivity contribution in [2.45, 2.75) is 17.5 Å². The zero-order chi connectivity index (χ0) is 22.1. The molecule has 0 aliphatic carbocycles. The van der Waals surface area contributed by atoms with Crippen LogP contribution < -0.4 is 5.56 Å². The summed E-state index contributed by atoms with van der Waals surface area (Å²) in [7, 11) is 0. The number of thioether (sulfide) groups is 1. The first-order valence-corrected chi connectivity index (χ1v) is 11.9. The summed E-state index contributed by atoms with van der Waals surface area (Å²) in [5, 5.41) is 0.513. The molecule has 0 spiro atoms. The summed E-state index contributed by atoms with van der Waals surface area (Å²) in [6, 6.07) is 19.4. The molecule has 0 radical (unpaired) electrons. The Bertz CT molecular complexity index is 1510. The third-order valence-corrected chi connectivity index (χ3v) is 7.26. The van der Waals surface area contributed by atoms with E-state index in [0.29, 0.717) is 37.4 Å². The molecule has 5 aromatic rings. The van der Waals surface area contributed by atoms with Gasteiger partial charge in [-0.15, -0.1) is 0 Å². The minimum atomic E-state index is -0.295. The summed E-state index contributed by atoms with van der Waals surface area (Å²) in [5.41, 5.74) is 1.86. The fourth-order valence-corrected chi connectivity index (χ4v) is 5.56. The number of halogens is 1. The molecule has 0 N–H and O–H groups in total. The van der Waals surface area contributed by atoms with Crippen LogP contribution in [0.25, 0.3) is 16.0 Å². The molecule has 5 rings (SSSR count). The zero-order valence-corrected chi connectivity index (χ0v) is 19.1. The lowest BCUT2D eigenvalue weighted by molar-refractivity contribution is 0.495. The van der Waals surface area contributed by atoms with Crippen molar-refractivity contribution in [2.75, 3.05) is 0 Å². The number of furan rings is 1. The Morgan fingerprint density at radius 1 is 1.09 bits per heavy atom. The van der Waals surface area contributed by atoms with E-state index >= 15 is 0 Å². The first-order valence-electron chi connectivity index (χ1n) is 9.71. The van der Waals surface area contributed by atoms with Crippen LogP contribution in [0.3, 0.4) is 0 Å². The number of hydrogen-bond donors (Lipinski definition) is 0. The third kappa shape index (κ3) is 4.06. The maximum Gasteiger partial charge on any atom is 0.278 e. The maximum absolute atomic E-state index is 13.6. The van der Waals surface area contributed by atoms with Gasteiger partial charge in [0.2, 0.25) is 0 Å². The van der Waals surface area contributed by atoms with Gasteiger partial charge in [-0.3, -0.25) is 13.9 Å². The van der Waals surface area contributed by atoms with Crippen molar-refractivity contribution in [3.8, 4) is 5.69 Å². The second-order valence-electron chi connectivity index (χ2n) is 6.98. The predicted molar refractivity (Wildman–Crippen MR) is 128 cm³/mol. The largest absolute Gasteiger partial charge is 0.467 e. The quantitative estimate of drug-likeness (QED) is 0.168. The number of hydrogen-bond acceptors (Lipinski definition) is 6. The number of nitrogens with zero attached hydrogens (tertiary/aromatic N) is 3. The molecule has 0 saturated carbocycles. The Hall–Kier alpha value is -3.01. The molecule has 0 fully saturated rings. The maximum atomic E-state index is 13.6. The van der Waals surface area contributed by atoms with Crippen LogP contribution in [0.1, 0.15) is 11.3 Å². The van der Waals surface area contributed by atoms with E-state index in [1.54, 1.807) is 16.9 Å². The number of aromatic nitrogens is 3. The number of thiazole rings is 1. The van der Waals surface area contributed by atoms with Gasteiger partial charge >= 0.3 is 0 Å². The first-order chi connectivity index (χ1) is 15.6. The number of fused-ring (bicyclic) bond motifs is 1. The van der Waals surface area contributed by atoms with E-state index in [1.807, 2.05) is 53.1 Å². The Morgan fingerprint density at radius 3 is 2.69 bits per heavy atom. The summed E-state index contributed by atoms with van der Waals surface area (Å²) in [4.78, 5) is 18.4. The van der Waals surface area contributed by atoms with Crippen LogP contribution in [0.2, 0.25) is 0 Å². The van der Waals surface area contributed by atoms with E-state index < -0.39 is 0 Å². The fraction of sp³-hybridized carbons (Fsp3) is 0.0870. The summed E-state index contributed by atoms with van der Waals surface area (Å²) >= 11 is 8.17. The number of rotatable bonds is 6. The SMILES string of the molecule is O=c1c2sc(=S)n(Cc3ccco3)c2nc(SCc2cccc(F)c2)n1-c1ccccc1. The summed E-state index contributed by atoms with van der Waals surface area (Å²) in [5.74, 6) is 0.895. The molecule has 3 aromatic heterocycles. The molecular weight excluding hydrogens is 465 g/mol. The molecule has 0 aliphatic heterocycles. The summed E-state index contributed by atoms with van der Waals surface area (Å²) in [6.45, 7) is 0.391. The van der Waals surface area contributed by atoms with Crippen molar-refractivity contribution in [2.24, 2.45) is 0 Å². The molecule has 0 atom stereocenters. The van der Waals surface area contributed by atoms with Crippen LogP contribution in [0.4, 0.5) is 4.39 Å². The number of para-hydroxylation sites is 1. The molecule has 32 heavy (non-hydrogen) atoms. The first kappa shape index (κ1) is 20.9. The van der Waals surface area contributed by atoms with Crippen LogP contribution in [0, 0.1) is 9.77 Å². The van der Waals surface area contributed by atoms with Crippen LogP contribution in [0.5, 0.6) is 0 Å². The highest BCUT2D eigenvalue weighted by Gasteiger charge is 2.19. The fourth-order valence-electron chi connectivity index (χ4n) is 3.35. The normalized spacial score (nSPS) is 11.3. The van der Waals surface area contributed by atoms with Crippen molar-refractivity contribution < 1.29 is 8.81 Å². The van der Waals surface area contributed by atoms with Gasteiger partial charge in [-0.2, -0.15) is 0 Å². The van der Waals surface area contributed by atoms with Crippen molar-refractivity contribution in [3.63, 3.8) is 0 Å². The molecule has 9 heteroatoms. The monoisotopic (exact) mass is 481 g/mol. The van der Waals surface area contributed by atoms with Gasteiger partial charge in [0.1, 0.15) is 16.3 Å². The van der Waals surface area contributed by atoms with Gasteiger partial charge in [0.05, 0.1) is 18.5 Å². The Balaban J connectivity index is 1.66. The van der Waals surface area contributed by atoms with Gasteiger partial charge < -0.3 is 4.42 Å². The summed E-state index contributed by atoms with van der Waals surface area (Å²) in [6.07, 6.45) is 1.60. The topological polar surface area (TPSA) is 53.0 Å². The molecule has 0 amide bonds. The van der Waals surface area contributed by atoms with Gasteiger partial charge in [0.25, 0.3) is 5.56 Å². The average molecular weight is 482 g/mol. The Morgan fingerprint density at radius 2 is 1.94 bits per heavy atom. The average Bonchev–Trinajstić information content (AvgIpc) is 3.42. The van der Waals surface area contributed by atoms with Gasteiger partial charge in [-0.05, 0) is 54.2 Å². The lowest BCUT2D eigenvalue weighted by Gasteiger charge is -2.13. The van der Waals surface area contributed by atoms with Gasteiger partial charge in [0.15, 0.2) is 14.8 Å². The van der Waals surface area contributed by atoms with E-state index in [1.165, 1.54) is 35.2 Å². The van der Waals surface area contributed by atoms with Crippen LogP contribution in [0.15, 0.2) is 87.4 Å². The van der Waals surface area contributed by atoms with Crippen LogP contribution in [-0.2, 0) is 12.3 Å². The van der Waals surface area contributed by atoms with Crippen molar-refractivity contribution in [3.05, 3.63) is 104 Å². The lowest BCUT2D eigenvalue weighted by atomic mass is 10.2. The van der Waals surface area contributed by atoms with Crippen molar-refractivity contribution >= 4 is 45.7 Å². The van der Waals surface area contributed by atoms with Crippen molar-refractivity contribution in [1.29, 1.82) is 0 Å². The highest BCUT2D eigenvalue weighted by Crippen LogP contribution is 2.27. The molecule has 0 unspecified atom stereocenters. The molecule has 0 bridgehead atoms. The van der Waals surface area contributed by atoms with Gasteiger partial charge in [-0.1, -0.05) is 53.4 Å². The third-order valence-electron chi connectivity index (χ3n) is 4.82.